The van der Waals surface area contributed by atoms with Crippen LogP contribution in [0, 0.1) is 17.6 Å². The lowest BCUT2D eigenvalue weighted by Gasteiger charge is -2.11. The molecule has 1 aromatic carbocycles. The number of carbonyl (C=O) groups is 1. The number of nitrogens with one attached hydrogen (secondary N) is 1. The fourth-order valence-electron chi connectivity index (χ4n) is 1.46. The Morgan fingerprint density at radius 1 is 1.31 bits per heavy atom. The molecule has 4 heteroatoms. The van der Waals surface area contributed by atoms with Crippen molar-refractivity contribution < 1.29 is 13.6 Å². The Morgan fingerprint density at radius 2 is 1.88 bits per heavy atom. The highest BCUT2D eigenvalue weighted by molar-refractivity contribution is 5.92. The van der Waals surface area contributed by atoms with Crippen LogP contribution in [0.2, 0.25) is 0 Å². The van der Waals surface area contributed by atoms with Crippen LogP contribution in [0.5, 0.6) is 0 Å². The molecule has 2 nitrogen and oxygen atoms in total. The first-order valence-corrected chi connectivity index (χ1v) is 5.30. The maximum absolute atomic E-state index is 12.8. The van der Waals surface area contributed by atoms with Crippen molar-refractivity contribution in [2.45, 2.75) is 26.7 Å². The molecule has 0 aliphatic rings. The van der Waals surface area contributed by atoms with Gasteiger partial charge in [-0.2, -0.15) is 0 Å². The highest BCUT2D eigenvalue weighted by atomic mass is 19.1. The minimum atomic E-state index is -0.696. The number of amides is 1. The molecular formula is C12H15F2NO. The quantitative estimate of drug-likeness (QED) is 0.839. The molecule has 1 N–H and O–H groups in total. The lowest BCUT2D eigenvalue weighted by atomic mass is 10.1. The molecule has 0 radical (unpaired) electrons. The van der Waals surface area contributed by atoms with Gasteiger partial charge in [-0.1, -0.05) is 20.3 Å². The summed E-state index contributed by atoms with van der Waals surface area (Å²) >= 11 is 0. The molecule has 0 saturated heterocycles. The summed E-state index contributed by atoms with van der Waals surface area (Å²) in [4.78, 5) is 11.6. The number of halogens is 2. The zero-order valence-corrected chi connectivity index (χ0v) is 9.39. The second-order valence-electron chi connectivity index (χ2n) is 3.84. The van der Waals surface area contributed by atoms with Crippen molar-refractivity contribution in [3.8, 4) is 0 Å². The molecule has 1 aromatic rings. The molecule has 0 bridgehead atoms. The number of hydrogen-bond donors (Lipinski definition) is 1. The standard InChI is InChI=1S/C12H15F2NO/c1-3-4-8(2)12(16)15-11-6-9(13)5-10(14)7-11/h5-8H,3-4H2,1-2H3,(H,15,16). The van der Waals surface area contributed by atoms with Crippen LogP contribution in [0.1, 0.15) is 26.7 Å². The van der Waals surface area contributed by atoms with Crippen LogP contribution < -0.4 is 5.32 Å². The van der Waals surface area contributed by atoms with Gasteiger partial charge >= 0.3 is 0 Å². The van der Waals surface area contributed by atoms with E-state index in [0.29, 0.717) is 0 Å². The van der Waals surface area contributed by atoms with Crippen LogP contribution >= 0.6 is 0 Å². The number of anilines is 1. The molecule has 16 heavy (non-hydrogen) atoms. The van der Waals surface area contributed by atoms with E-state index in [1.54, 1.807) is 6.92 Å². The number of hydrogen-bond acceptors (Lipinski definition) is 1. The van der Waals surface area contributed by atoms with Gasteiger partial charge in [-0.15, -0.1) is 0 Å². The Balaban J connectivity index is 2.69. The van der Waals surface area contributed by atoms with E-state index >= 15 is 0 Å². The minimum absolute atomic E-state index is 0.156. The Bertz CT molecular complexity index is 359. The van der Waals surface area contributed by atoms with Crippen LogP contribution in [-0.2, 0) is 4.79 Å². The summed E-state index contributed by atoms with van der Waals surface area (Å²) in [6, 6.07) is 2.96. The van der Waals surface area contributed by atoms with Gasteiger partial charge in [0.05, 0.1) is 0 Å². The number of benzene rings is 1. The summed E-state index contributed by atoms with van der Waals surface area (Å²) in [7, 11) is 0. The molecule has 1 rings (SSSR count). The fourth-order valence-corrected chi connectivity index (χ4v) is 1.46. The lowest BCUT2D eigenvalue weighted by Crippen LogP contribution is -2.20. The number of rotatable bonds is 4. The van der Waals surface area contributed by atoms with E-state index in [-0.39, 0.29) is 17.5 Å². The second kappa shape index (κ2) is 5.58. The van der Waals surface area contributed by atoms with Crippen LogP contribution in [0.15, 0.2) is 18.2 Å². The Hall–Kier alpha value is -1.45. The topological polar surface area (TPSA) is 29.1 Å². The normalized spacial score (nSPS) is 12.2. The average Bonchev–Trinajstić information content (AvgIpc) is 2.16. The van der Waals surface area contributed by atoms with Crippen molar-refractivity contribution in [3.05, 3.63) is 29.8 Å². The maximum Gasteiger partial charge on any atom is 0.227 e. The first kappa shape index (κ1) is 12.6. The van der Waals surface area contributed by atoms with Crippen molar-refractivity contribution in [1.29, 1.82) is 0 Å². The zero-order chi connectivity index (χ0) is 12.1. The molecule has 0 aromatic heterocycles. The smallest absolute Gasteiger partial charge is 0.227 e. The molecule has 1 atom stereocenters. The van der Waals surface area contributed by atoms with E-state index in [2.05, 4.69) is 5.32 Å². The summed E-state index contributed by atoms with van der Waals surface area (Å²) in [6.07, 6.45) is 1.65. The summed E-state index contributed by atoms with van der Waals surface area (Å²) in [5.41, 5.74) is 0.158. The molecule has 0 heterocycles. The summed E-state index contributed by atoms with van der Waals surface area (Å²) < 4.78 is 25.7. The maximum atomic E-state index is 12.8. The van der Waals surface area contributed by atoms with Gasteiger partial charge in [0.25, 0.3) is 0 Å². The van der Waals surface area contributed by atoms with Gasteiger partial charge in [0.2, 0.25) is 5.91 Å². The third kappa shape index (κ3) is 3.61. The van der Waals surface area contributed by atoms with E-state index in [1.165, 1.54) is 0 Å². The van der Waals surface area contributed by atoms with Crippen molar-refractivity contribution in [2.24, 2.45) is 5.92 Å². The van der Waals surface area contributed by atoms with E-state index in [4.69, 9.17) is 0 Å². The third-order valence-electron chi connectivity index (χ3n) is 2.30. The van der Waals surface area contributed by atoms with Crippen molar-refractivity contribution >= 4 is 11.6 Å². The molecule has 88 valence electrons. The predicted molar refractivity (Wildman–Crippen MR) is 59.1 cm³/mol. The molecule has 1 amide bonds. The Morgan fingerprint density at radius 3 is 2.38 bits per heavy atom. The van der Waals surface area contributed by atoms with Gasteiger partial charge in [-0.3, -0.25) is 4.79 Å². The zero-order valence-electron chi connectivity index (χ0n) is 9.39. The first-order chi connectivity index (χ1) is 7.52. The molecule has 0 spiro atoms. The van der Waals surface area contributed by atoms with Gasteiger partial charge in [0.15, 0.2) is 0 Å². The van der Waals surface area contributed by atoms with Crippen LogP contribution in [0.25, 0.3) is 0 Å². The van der Waals surface area contributed by atoms with E-state index in [1.807, 2.05) is 6.92 Å². The van der Waals surface area contributed by atoms with Gasteiger partial charge in [-0.05, 0) is 18.6 Å². The van der Waals surface area contributed by atoms with Gasteiger partial charge in [-0.25, -0.2) is 8.78 Å². The fraction of sp³-hybridized carbons (Fsp3) is 0.417. The van der Waals surface area contributed by atoms with Gasteiger partial charge in [0.1, 0.15) is 11.6 Å². The second-order valence-corrected chi connectivity index (χ2v) is 3.84. The van der Waals surface area contributed by atoms with Gasteiger partial charge < -0.3 is 5.32 Å². The summed E-state index contributed by atoms with van der Waals surface area (Å²) in [5.74, 6) is -1.76. The highest BCUT2D eigenvalue weighted by Gasteiger charge is 2.12. The molecule has 0 fully saturated rings. The van der Waals surface area contributed by atoms with E-state index in [0.717, 1.165) is 31.0 Å². The highest BCUT2D eigenvalue weighted by Crippen LogP contribution is 2.15. The average molecular weight is 227 g/mol. The molecule has 0 aliphatic heterocycles. The summed E-state index contributed by atoms with van der Waals surface area (Å²) in [6.45, 7) is 3.76. The molecule has 1 unspecified atom stereocenters. The lowest BCUT2D eigenvalue weighted by molar-refractivity contribution is -0.119. The van der Waals surface area contributed by atoms with Crippen molar-refractivity contribution in [3.63, 3.8) is 0 Å². The largest absolute Gasteiger partial charge is 0.326 e. The van der Waals surface area contributed by atoms with Crippen molar-refractivity contribution in [1.82, 2.24) is 0 Å². The Kier molecular flexibility index (Phi) is 4.40. The summed E-state index contributed by atoms with van der Waals surface area (Å²) in [5, 5.41) is 2.49. The predicted octanol–water partition coefficient (Wildman–Crippen LogP) is 3.34. The van der Waals surface area contributed by atoms with Crippen LogP contribution in [0.3, 0.4) is 0 Å². The monoisotopic (exact) mass is 227 g/mol. The first-order valence-electron chi connectivity index (χ1n) is 5.30. The SMILES string of the molecule is CCCC(C)C(=O)Nc1cc(F)cc(F)c1. The third-order valence-corrected chi connectivity index (χ3v) is 2.30. The molecular weight excluding hydrogens is 212 g/mol. The van der Waals surface area contributed by atoms with E-state index in [9.17, 15) is 13.6 Å². The van der Waals surface area contributed by atoms with Gasteiger partial charge in [0, 0.05) is 17.7 Å². The minimum Gasteiger partial charge on any atom is -0.326 e. The van der Waals surface area contributed by atoms with Crippen molar-refractivity contribution in [2.75, 3.05) is 5.32 Å². The van der Waals surface area contributed by atoms with Crippen LogP contribution in [0.4, 0.5) is 14.5 Å². The number of carbonyl (C=O) groups excluding carboxylic acids is 1. The molecule has 0 saturated carbocycles. The van der Waals surface area contributed by atoms with Crippen LogP contribution in [-0.4, -0.2) is 5.91 Å². The van der Waals surface area contributed by atoms with E-state index < -0.39 is 11.6 Å². The Labute approximate surface area is 93.7 Å². The molecule has 0 aliphatic carbocycles.